The Morgan fingerprint density at radius 2 is 2.04 bits per heavy atom. The zero-order valence-corrected chi connectivity index (χ0v) is 17.6. The van der Waals surface area contributed by atoms with Crippen molar-refractivity contribution in [2.45, 2.75) is 19.9 Å². The van der Waals surface area contributed by atoms with Crippen molar-refractivity contribution in [3.8, 4) is 0 Å². The van der Waals surface area contributed by atoms with E-state index in [-0.39, 0.29) is 24.0 Å². The molecule has 0 unspecified atom stereocenters. The van der Waals surface area contributed by atoms with Gasteiger partial charge in [-0.05, 0) is 45.6 Å². The molecule has 0 saturated carbocycles. The molecular weight excluding hydrogens is 421 g/mol. The van der Waals surface area contributed by atoms with Crippen molar-refractivity contribution in [3.05, 3.63) is 21.9 Å². The standard InChI is InChI=1S/C16H29N5S.HI/c1-14-5-6-15(22-14)13-19-16(17-2)18-7-10-21-9-4-8-20(3)11-12-21;/h5-6H,4,7-13H2,1-3H3,(H2,17,18,19);1H. The van der Waals surface area contributed by atoms with Crippen molar-refractivity contribution < 1.29 is 0 Å². The number of halogens is 1. The van der Waals surface area contributed by atoms with E-state index in [2.05, 4.69) is 51.5 Å². The largest absolute Gasteiger partial charge is 0.355 e. The highest BCUT2D eigenvalue weighted by Crippen LogP contribution is 2.14. The van der Waals surface area contributed by atoms with Gasteiger partial charge in [0, 0.05) is 43.0 Å². The topological polar surface area (TPSA) is 42.9 Å². The minimum atomic E-state index is 0. The maximum atomic E-state index is 4.30. The van der Waals surface area contributed by atoms with Crippen molar-refractivity contribution in [1.29, 1.82) is 0 Å². The van der Waals surface area contributed by atoms with E-state index in [1.54, 1.807) is 0 Å². The van der Waals surface area contributed by atoms with Crippen LogP contribution in [0, 0.1) is 6.92 Å². The summed E-state index contributed by atoms with van der Waals surface area (Å²) in [7, 11) is 4.04. The van der Waals surface area contributed by atoms with Gasteiger partial charge in [-0.25, -0.2) is 0 Å². The van der Waals surface area contributed by atoms with Crippen LogP contribution in [0.1, 0.15) is 16.2 Å². The minimum absolute atomic E-state index is 0. The zero-order valence-electron chi connectivity index (χ0n) is 14.5. The summed E-state index contributed by atoms with van der Waals surface area (Å²) >= 11 is 1.83. The molecule has 2 heterocycles. The van der Waals surface area contributed by atoms with E-state index in [9.17, 15) is 0 Å². The molecule has 1 aromatic rings. The van der Waals surface area contributed by atoms with Gasteiger partial charge in [-0.15, -0.1) is 35.3 Å². The molecule has 0 amide bonds. The molecule has 0 spiro atoms. The summed E-state index contributed by atoms with van der Waals surface area (Å²) in [6.45, 7) is 9.75. The predicted molar refractivity (Wildman–Crippen MR) is 111 cm³/mol. The molecule has 0 aliphatic carbocycles. The summed E-state index contributed by atoms with van der Waals surface area (Å²) < 4.78 is 0. The molecule has 0 bridgehead atoms. The average molecular weight is 451 g/mol. The van der Waals surface area contributed by atoms with Crippen LogP contribution in [-0.4, -0.2) is 69.1 Å². The number of hydrogen-bond acceptors (Lipinski definition) is 4. The van der Waals surface area contributed by atoms with Crippen LogP contribution < -0.4 is 10.6 Å². The number of hydrogen-bond donors (Lipinski definition) is 2. The summed E-state index contributed by atoms with van der Waals surface area (Å²) in [5.74, 6) is 0.887. The number of nitrogens with one attached hydrogen (secondary N) is 2. The molecule has 0 aromatic carbocycles. The molecule has 7 heteroatoms. The Kier molecular flexibility index (Phi) is 10.1. The normalized spacial score (nSPS) is 17.4. The second-order valence-electron chi connectivity index (χ2n) is 5.86. The third-order valence-electron chi connectivity index (χ3n) is 3.98. The highest BCUT2D eigenvalue weighted by atomic mass is 127. The third-order valence-corrected chi connectivity index (χ3v) is 4.98. The second-order valence-corrected chi connectivity index (χ2v) is 7.24. The summed E-state index contributed by atoms with van der Waals surface area (Å²) in [6, 6.07) is 4.34. The second kappa shape index (κ2) is 11.2. The molecule has 1 aliphatic heterocycles. The van der Waals surface area contributed by atoms with Gasteiger partial charge in [-0.3, -0.25) is 4.99 Å². The third kappa shape index (κ3) is 7.82. The Morgan fingerprint density at radius 1 is 1.22 bits per heavy atom. The molecule has 2 rings (SSSR count). The van der Waals surface area contributed by atoms with Gasteiger partial charge in [-0.2, -0.15) is 0 Å². The number of thiophene rings is 1. The maximum Gasteiger partial charge on any atom is 0.191 e. The number of nitrogens with zero attached hydrogens (tertiary/aromatic N) is 3. The molecule has 2 N–H and O–H groups in total. The zero-order chi connectivity index (χ0) is 15.8. The van der Waals surface area contributed by atoms with Gasteiger partial charge < -0.3 is 20.4 Å². The minimum Gasteiger partial charge on any atom is -0.355 e. The molecular formula is C16H30IN5S. The van der Waals surface area contributed by atoms with E-state index < -0.39 is 0 Å². The summed E-state index contributed by atoms with van der Waals surface area (Å²) in [4.78, 5) is 11.9. The number of guanidine groups is 1. The van der Waals surface area contributed by atoms with Gasteiger partial charge in [0.25, 0.3) is 0 Å². The maximum absolute atomic E-state index is 4.30. The van der Waals surface area contributed by atoms with Gasteiger partial charge >= 0.3 is 0 Å². The molecule has 23 heavy (non-hydrogen) atoms. The first-order chi connectivity index (χ1) is 10.7. The summed E-state index contributed by atoms with van der Waals surface area (Å²) in [5, 5.41) is 6.79. The average Bonchev–Trinajstić information content (AvgIpc) is 2.81. The lowest BCUT2D eigenvalue weighted by molar-refractivity contribution is 0.280. The van der Waals surface area contributed by atoms with Gasteiger partial charge in [0.05, 0.1) is 6.54 Å². The fourth-order valence-corrected chi connectivity index (χ4v) is 3.46. The van der Waals surface area contributed by atoms with E-state index in [0.29, 0.717) is 0 Å². The van der Waals surface area contributed by atoms with Crippen molar-refractivity contribution >= 4 is 41.3 Å². The van der Waals surface area contributed by atoms with Gasteiger partial charge in [-0.1, -0.05) is 0 Å². The number of likely N-dealkylation sites (N-methyl/N-ethyl adjacent to an activating group) is 1. The fraction of sp³-hybridized carbons (Fsp3) is 0.688. The van der Waals surface area contributed by atoms with Crippen LogP contribution in [0.25, 0.3) is 0 Å². The molecule has 0 atom stereocenters. The summed E-state index contributed by atoms with van der Waals surface area (Å²) in [6.07, 6.45) is 1.27. The number of aliphatic imine (C=N–C) groups is 1. The monoisotopic (exact) mass is 451 g/mol. The lowest BCUT2D eigenvalue weighted by atomic mass is 10.4. The van der Waals surface area contributed by atoms with Crippen LogP contribution in [-0.2, 0) is 6.54 Å². The molecule has 1 aliphatic rings. The van der Waals surface area contributed by atoms with Crippen LogP contribution in [0.15, 0.2) is 17.1 Å². The van der Waals surface area contributed by atoms with Crippen LogP contribution in [0.3, 0.4) is 0 Å². The van der Waals surface area contributed by atoms with E-state index in [1.165, 1.54) is 42.4 Å². The first kappa shape index (κ1) is 20.7. The molecule has 132 valence electrons. The van der Waals surface area contributed by atoms with Crippen molar-refractivity contribution in [3.63, 3.8) is 0 Å². The summed E-state index contributed by atoms with van der Waals surface area (Å²) in [5.41, 5.74) is 0. The lowest BCUT2D eigenvalue weighted by Gasteiger charge is -2.21. The van der Waals surface area contributed by atoms with Gasteiger partial charge in [0.15, 0.2) is 5.96 Å². The SMILES string of the molecule is CN=C(NCCN1CCCN(C)CC1)NCc1ccc(C)s1.I. The Labute approximate surface area is 161 Å². The molecule has 0 radical (unpaired) electrons. The smallest absolute Gasteiger partial charge is 0.191 e. The highest BCUT2D eigenvalue weighted by molar-refractivity contribution is 14.0. The number of rotatable bonds is 5. The quantitative estimate of drug-likeness (QED) is 0.408. The first-order valence-electron chi connectivity index (χ1n) is 8.08. The van der Waals surface area contributed by atoms with Crippen LogP contribution in [0.5, 0.6) is 0 Å². The number of aryl methyl sites for hydroxylation is 1. The van der Waals surface area contributed by atoms with Crippen molar-refractivity contribution in [2.24, 2.45) is 4.99 Å². The van der Waals surface area contributed by atoms with Crippen LogP contribution >= 0.6 is 35.3 Å². The molecule has 1 aromatic heterocycles. The first-order valence-corrected chi connectivity index (χ1v) is 8.90. The molecule has 5 nitrogen and oxygen atoms in total. The van der Waals surface area contributed by atoms with E-state index in [4.69, 9.17) is 0 Å². The van der Waals surface area contributed by atoms with E-state index >= 15 is 0 Å². The van der Waals surface area contributed by atoms with Crippen LogP contribution in [0.4, 0.5) is 0 Å². The molecule has 1 fully saturated rings. The van der Waals surface area contributed by atoms with E-state index in [1.807, 2.05) is 18.4 Å². The Hall–Kier alpha value is -0.380. The van der Waals surface area contributed by atoms with Gasteiger partial charge in [0.1, 0.15) is 0 Å². The van der Waals surface area contributed by atoms with Gasteiger partial charge in [0.2, 0.25) is 0 Å². The van der Waals surface area contributed by atoms with Crippen LogP contribution in [0.2, 0.25) is 0 Å². The van der Waals surface area contributed by atoms with E-state index in [0.717, 1.165) is 25.6 Å². The van der Waals surface area contributed by atoms with Crippen molar-refractivity contribution in [2.75, 3.05) is 53.4 Å². The Bertz CT molecular complexity index is 477. The molecule has 1 saturated heterocycles. The highest BCUT2D eigenvalue weighted by Gasteiger charge is 2.11. The predicted octanol–water partition coefficient (Wildman–Crippen LogP) is 1.98. The Balaban J connectivity index is 0.00000264. The fourth-order valence-electron chi connectivity index (χ4n) is 2.63. The lowest BCUT2D eigenvalue weighted by Crippen LogP contribution is -2.41. The van der Waals surface area contributed by atoms with Crippen molar-refractivity contribution in [1.82, 2.24) is 20.4 Å². The Morgan fingerprint density at radius 3 is 2.74 bits per heavy atom.